The highest BCUT2D eigenvalue weighted by molar-refractivity contribution is 9.10. The number of alkyl halides is 3. The van der Waals surface area contributed by atoms with Crippen LogP contribution in [-0.4, -0.2) is 4.92 Å². The molecule has 1 rings (SSSR count). The van der Waals surface area contributed by atoms with Gasteiger partial charge in [-0.15, -0.1) is 0 Å². The second-order valence-corrected chi connectivity index (χ2v) is 3.48. The van der Waals surface area contributed by atoms with Gasteiger partial charge in [0.1, 0.15) is 16.1 Å². The van der Waals surface area contributed by atoms with Gasteiger partial charge in [0.15, 0.2) is 0 Å². The molecule has 0 saturated carbocycles. The van der Waals surface area contributed by atoms with Gasteiger partial charge >= 0.3 is 11.9 Å². The van der Waals surface area contributed by atoms with Crippen LogP contribution in [0.15, 0.2) is 16.6 Å². The van der Waals surface area contributed by atoms with Crippen molar-refractivity contribution in [3.05, 3.63) is 37.8 Å². The van der Waals surface area contributed by atoms with Crippen molar-refractivity contribution < 1.29 is 18.1 Å². The van der Waals surface area contributed by atoms with Crippen molar-refractivity contribution in [2.24, 2.45) is 0 Å². The van der Waals surface area contributed by atoms with E-state index in [-0.39, 0.29) is 0 Å². The smallest absolute Gasteiger partial charge is 0.258 e. The Kier molecular flexibility index (Phi) is 3.19. The molecule has 0 fully saturated rings. The van der Waals surface area contributed by atoms with Crippen LogP contribution in [0.5, 0.6) is 0 Å². The predicted octanol–water partition coefficient (Wildman–Crippen LogP) is 3.25. The average molecular weight is 295 g/mol. The zero-order chi connectivity index (χ0) is 12.5. The second kappa shape index (κ2) is 4.09. The molecule has 0 aliphatic heterocycles. The maximum atomic E-state index is 12.4. The Hall–Kier alpha value is -1.62. The third-order valence-electron chi connectivity index (χ3n) is 1.72. The van der Waals surface area contributed by atoms with Crippen molar-refractivity contribution in [1.82, 2.24) is 0 Å². The summed E-state index contributed by atoms with van der Waals surface area (Å²) in [5.41, 5.74) is -2.49. The molecule has 0 heterocycles. The molecule has 1 aromatic carbocycles. The SMILES string of the molecule is N#Cc1ccc(C(F)(F)F)c(Br)c1[N+](=O)[O-]. The summed E-state index contributed by atoms with van der Waals surface area (Å²) >= 11 is 2.50. The van der Waals surface area contributed by atoms with E-state index < -0.39 is 32.4 Å². The number of rotatable bonds is 1. The molecule has 0 N–H and O–H groups in total. The number of halogens is 4. The molecule has 0 saturated heterocycles. The monoisotopic (exact) mass is 294 g/mol. The highest BCUT2D eigenvalue weighted by Gasteiger charge is 2.37. The van der Waals surface area contributed by atoms with E-state index in [1.807, 2.05) is 0 Å². The van der Waals surface area contributed by atoms with Crippen LogP contribution in [0.2, 0.25) is 0 Å². The van der Waals surface area contributed by atoms with Crippen molar-refractivity contribution in [3.63, 3.8) is 0 Å². The van der Waals surface area contributed by atoms with Crippen molar-refractivity contribution in [3.8, 4) is 6.07 Å². The van der Waals surface area contributed by atoms with Crippen molar-refractivity contribution >= 4 is 21.6 Å². The Morgan fingerprint density at radius 2 is 2.00 bits per heavy atom. The predicted molar refractivity (Wildman–Crippen MR) is 50.5 cm³/mol. The Morgan fingerprint density at radius 3 is 2.38 bits per heavy atom. The summed E-state index contributed by atoms with van der Waals surface area (Å²) in [6.45, 7) is 0. The largest absolute Gasteiger partial charge is 0.417 e. The summed E-state index contributed by atoms with van der Waals surface area (Å²) in [5, 5.41) is 19.1. The number of hydrogen-bond acceptors (Lipinski definition) is 3. The minimum absolute atomic E-state index is 0.426. The van der Waals surface area contributed by atoms with E-state index in [4.69, 9.17) is 5.26 Å². The first kappa shape index (κ1) is 12.4. The first-order valence-electron chi connectivity index (χ1n) is 3.73. The summed E-state index contributed by atoms with van der Waals surface area (Å²) in [7, 11) is 0. The first-order valence-corrected chi connectivity index (χ1v) is 4.52. The summed E-state index contributed by atoms with van der Waals surface area (Å²) in [4.78, 5) is 9.51. The van der Waals surface area contributed by atoms with Crippen molar-refractivity contribution in [2.75, 3.05) is 0 Å². The van der Waals surface area contributed by atoms with Gasteiger partial charge in [0.2, 0.25) is 0 Å². The second-order valence-electron chi connectivity index (χ2n) is 2.69. The minimum atomic E-state index is -4.71. The van der Waals surface area contributed by atoms with Crippen LogP contribution in [0, 0.1) is 21.4 Å². The van der Waals surface area contributed by atoms with Crippen LogP contribution in [0.1, 0.15) is 11.1 Å². The minimum Gasteiger partial charge on any atom is -0.258 e. The number of nitro groups is 1. The van der Waals surface area contributed by atoms with Crippen LogP contribution in [0.3, 0.4) is 0 Å². The van der Waals surface area contributed by atoms with E-state index in [9.17, 15) is 23.3 Å². The molecule has 16 heavy (non-hydrogen) atoms. The van der Waals surface area contributed by atoms with E-state index in [0.29, 0.717) is 6.07 Å². The van der Waals surface area contributed by atoms with Gasteiger partial charge < -0.3 is 0 Å². The Morgan fingerprint density at radius 1 is 1.44 bits per heavy atom. The topological polar surface area (TPSA) is 66.9 Å². The fourth-order valence-electron chi connectivity index (χ4n) is 1.05. The van der Waals surface area contributed by atoms with Gasteiger partial charge in [-0.3, -0.25) is 10.1 Å². The maximum absolute atomic E-state index is 12.4. The van der Waals surface area contributed by atoms with Gasteiger partial charge in [0.05, 0.1) is 10.5 Å². The molecular weight excluding hydrogens is 293 g/mol. The number of hydrogen-bond donors (Lipinski definition) is 0. The molecule has 0 amide bonds. The van der Waals surface area contributed by atoms with Crippen LogP contribution >= 0.6 is 15.9 Å². The molecular formula is C8H2BrF3N2O2. The molecule has 8 heteroatoms. The van der Waals surface area contributed by atoms with Crippen LogP contribution in [-0.2, 0) is 6.18 Å². The lowest BCUT2D eigenvalue weighted by Crippen LogP contribution is -2.08. The third kappa shape index (κ3) is 2.14. The van der Waals surface area contributed by atoms with E-state index in [1.165, 1.54) is 6.07 Å². The molecule has 0 aliphatic rings. The Bertz CT molecular complexity index is 493. The molecule has 0 atom stereocenters. The standard InChI is InChI=1S/C8H2BrF3N2O2/c9-6-5(8(10,11)12)2-1-4(3-13)7(6)14(15)16/h1-2H. The lowest BCUT2D eigenvalue weighted by molar-refractivity contribution is -0.386. The maximum Gasteiger partial charge on any atom is 0.417 e. The van der Waals surface area contributed by atoms with E-state index >= 15 is 0 Å². The normalized spacial score (nSPS) is 10.9. The fraction of sp³-hybridized carbons (Fsp3) is 0.125. The van der Waals surface area contributed by atoms with Crippen LogP contribution < -0.4 is 0 Å². The van der Waals surface area contributed by atoms with Gasteiger partial charge in [-0.25, -0.2) is 0 Å². The summed E-state index contributed by atoms with van der Waals surface area (Å²) in [5.74, 6) is 0. The number of nitro benzene ring substituents is 1. The summed E-state index contributed by atoms with van der Waals surface area (Å²) in [6, 6.07) is 2.85. The molecule has 1 aromatic rings. The molecule has 0 aromatic heterocycles. The summed E-state index contributed by atoms with van der Waals surface area (Å²) in [6.07, 6.45) is -4.71. The van der Waals surface area contributed by atoms with Gasteiger partial charge in [0, 0.05) is 0 Å². The molecule has 4 nitrogen and oxygen atoms in total. The fourth-order valence-corrected chi connectivity index (χ4v) is 1.77. The molecule has 0 spiro atoms. The highest BCUT2D eigenvalue weighted by Crippen LogP contribution is 2.40. The highest BCUT2D eigenvalue weighted by atomic mass is 79.9. The number of nitriles is 1. The third-order valence-corrected chi connectivity index (χ3v) is 2.53. The zero-order valence-electron chi connectivity index (χ0n) is 7.38. The van der Waals surface area contributed by atoms with Crippen LogP contribution in [0.4, 0.5) is 18.9 Å². The number of nitrogens with zero attached hydrogens (tertiary/aromatic N) is 2. The molecule has 0 radical (unpaired) electrons. The van der Waals surface area contributed by atoms with E-state index in [0.717, 1.165) is 6.07 Å². The molecule has 0 unspecified atom stereocenters. The zero-order valence-corrected chi connectivity index (χ0v) is 8.96. The van der Waals surface area contributed by atoms with E-state index in [2.05, 4.69) is 15.9 Å². The lowest BCUT2D eigenvalue weighted by atomic mass is 10.1. The van der Waals surface area contributed by atoms with Crippen molar-refractivity contribution in [1.29, 1.82) is 5.26 Å². The lowest BCUT2D eigenvalue weighted by Gasteiger charge is -2.09. The number of benzene rings is 1. The van der Waals surface area contributed by atoms with Crippen molar-refractivity contribution in [2.45, 2.75) is 6.18 Å². The van der Waals surface area contributed by atoms with Gasteiger partial charge in [0.25, 0.3) is 0 Å². The van der Waals surface area contributed by atoms with Crippen LogP contribution in [0.25, 0.3) is 0 Å². The molecule has 0 bridgehead atoms. The van der Waals surface area contributed by atoms with Gasteiger partial charge in [-0.1, -0.05) is 0 Å². The van der Waals surface area contributed by atoms with Gasteiger partial charge in [-0.05, 0) is 28.1 Å². The Labute approximate surface area is 95.6 Å². The van der Waals surface area contributed by atoms with Gasteiger partial charge in [-0.2, -0.15) is 18.4 Å². The average Bonchev–Trinajstić information content (AvgIpc) is 2.14. The summed E-state index contributed by atoms with van der Waals surface area (Å²) < 4.78 is 36.4. The first-order chi connectivity index (χ1) is 7.29. The quantitative estimate of drug-likeness (QED) is 0.590. The molecule has 0 aliphatic carbocycles. The Balaban J connectivity index is 3.58. The molecule has 84 valence electrons. The van der Waals surface area contributed by atoms with E-state index in [1.54, 1.807) is 0 Å².